The van der Waals surface area contributed by atoms with Gasteiger partial charge >= 0.3 is 17.9 Å². The van der Waals surface area contributed by atoms with E-state index in [1.54, 1.807) is 0 Å². The summed E-state index contributed by atoms with van der Waals surface area (Å²) in [5, 5.41) is 2.70. The number of unbranched alkanes of at least 4 members (excludes halogenated alkanes) is 24. The van der Waals surface area contributed by atoms with Gasteiger partial charge in [-0.05, 0) is 33.6 Å². The van der Waals surface area contributed by atoms with Crippen molar-refractivity contribution < 1.29 is 38.1 Å². The average molecular weight is 814 g/mol. The van der Waals surface area contributed by atoms with Gasteiger partial charge in [0.2, 0.25) is 5.91 Å². The number of hydrogen-bond donors (Lipinski definition) is 1. The fourth-order valence-corrected chi connectivity index (χ4v) is 7.41. The van der Waals surface area contributed by atoms with Crippen LogP contribution in [0.25, 0.3) is 0 Å². The molecule has 1 N–H and O–H groups in total. The van der Waals surface area contributed by atoms with E-state index in [1.165, 1.54) is 147 Å². The number of carbonyl (C=O) groups excluding carboxylic acids is 4. The smallest absolute Gasteiger partial charge is 0.330 e. The van der Waals surface area contributed by atoms with Crippen LogP contribution in [0.1, 0.15) is 221 Å². The second-order valence-electron chi connectivity index (χ2n) is 16.7. The molecule has 0 spiro atoms. The monoisotopic (exact) mass is 814 g/mol. The molecular weight excluding hydrogens is 727 g/mol. The van der Waals surface area contributed by atoms with Crippen LogP contribution in [0.2, 0.25) is 0 Å². The molecule has 0 bridgehead atoms. The zero-order valence-electron chi connectivity index (χ0n) is 37.2. The van der Waals surface area contributed by atoms with Crippen molar-refractivity contribution >= 4 is 35.6 Å². The summed E-state index contributed by atoms with van der Waals surface area (Å²) in [6.07, 6.45) is 32.6. The maximum atomic E-state index is 12.8. The van der Waals surface area contributed by atoms with Crippen LogP contribution in [0.4, 0.5) is 0 Å². The minimum atomic E-state index is -0.898. The summed E-state index contributed by atoms with van der Waals surface area (Å²) < 4.78 is 21.9. The molecule has 0 aromatic carbocycles. The van der Waals surface area contributed by atoms with Crippen LogP contribution < -0.4 is 5.32 Å². The summed E-state index contributed by atoms with van der Waals surface area (Å²) in [6, 6.07) is -0.898. The summed E-state index contributed by atoms with van der Waals surface area (Å²) >= 11 is 1.45. The Balaban J connectivity index is 4.58. The predicted molar refractivity (Wildman–Crippen MR) is 233 cm³/mol. The van der Waals surface area contributed by atoms with Gasteiger partial charge in [0.1, 0.15) is 12.7 Å². The Morgan fingerprint density at radius 2 is 0.964 bits per heavy atom. The highest BCUT2D eigenvalue weighted by atomic mass is 32.2. The van der Waals surface area contributed by atoms with Gasteiger partial charge in [-0.15, -0.1) is 0 Å². The molecule has 0 aromatic heterocycles. The molecule has 0 saturated carbocycles. The Morgan fingerprint density at radius 1 is 0.554 bits per heavy atom. The third-order valence-corrected chi connectivity index (χ3v) is 11.1. The Hall–Kier alpha value is -1.81. The molecule has 0 aliphatic rings. The van der Waals surface area contributed by atoms with Gasteiger partial charge in [0.05, 0.1) is 19.3 Å². The molecule has 0 unspecified atom stereocenters. The highest BCUT2D eigenvalue weighted by molar-refractivity contribution is 7.99. The molecule has 2 atom stereocenters. The van der Waals surface area contributed by atoms with Crippen molar-refractivity contribution in [3.63, 3.8) is 0 Å². The maximum absolute atomic E-state index is 12.8. The van der Waals surface area contributed by atoms with Crippen LogP contribution in [-0.2, 0) is 38.1 Å². The van der Waals surface area contributed by atoms with E-state index in [-0.39, 0.29) is 37.5 Å². The minimum Gasteiger partial charge on any atom is -0.467 e. The maximum Gasteiger partial charge on any atom is 0.330 e. The number of nitrogens with one attached hydrogen (secondary N) is 1. The summed E-state index contributed by atoms with van der Waals surface area (Å²) in [6.45, 7) is 10.2. The summed E-state index contributed by atoms with van der Waals surface area (Å²) in [7, 11) is 1.28. The van der Waals surface area contributed by atoms with Crippen LogP contribution in [0.15, 0.2) is 0 Å². The number of carbonyl (C=O) groups is 4. The molecule has 0 saturated heterocycles. The Kier molecular flexibility index (Phi) is 37.4. The summed E-state index contributed by atoms with van der Waals surface area (Å²) in [5.41, 5.74) is -0.470. The van der Waals surface area contributed by atoms with Gasteiger partial charge in [-0.2, -0.15) is 11.8 Å². The molecule has 0 aromatic rings. The van der Waals surface area contributed by atoms with E-state index in [9.17, 15) is 19.2 Å². The van der Waals surface area contributed by atoms with Gasteiger partial charge in [0, 0.05) is 30.8 Å². The first-order valence-electron chi connectivity index (χ1n) is 23.0. The first kappa shape index (κ1) is 54.2. The molecule has 0 aliphatic heterocycles. The van der Waals surface area contributed by atoms with Crippen molar-refractivity contribution in [2.24, 2.45) is 0 Å². The SMILES string of the molecule is CCCCCCCCCCCCCCCC(=O)OC[C@H](CSCCC(=O)N[C@@H](COC(C)(C)C)C(=O)OC)OC(=O)CCCCCCCCCCCCCCC. The van der Waals surface area contributed by atoms with Gasteiger partial charge in [-0.1, -0.05) is 168 Å². The zero-order chi connectivity index (χ0) is 41.5. The number of amides is 1. The van der Waals surface area contributed by atoms with Crippen LogP contribution in [0.5, 0.6) is 0 Å². The summed E-state index contributed by atoms with van der Waals surface area (Å²) in [5.74, 6) is -0.557. The van der Waals surface area contributed by atoms with Gasteiger partial charge in [-0.25, -0.2) is 4.79 Å². The van der Waals surface area contributed by atoms with Gasteiger partial charge < -0.3 is 24.3 Å². The molecule has 330 valence electrons. The normalized spacial score (nSPS) is 12.6. The molecule has 0 heterocycles. The molecular formula is C46H87NO8S. The van der Waals surface area contributed by atoms with Crippen molar-refractivity contribution in [3.05, 3.63) is 0 Å². The second-order valence-corrected chi connectivity index (χ2v) is 17.8. The number of methoxy groups -OCH3 is 1. The molecule has 0 fully saturated rings. The first-order valence-corrected chi connectivity index (χ1v) is 24.1. The fraction of sp³-hybridized carbons (Fsp3) is 0.913. The third kappa shape index (κ3) is 37.7. The summed E-state index contributed by atoms with van der Waals surface area (Å²) in [4.78, 5) is 50.3. The number of rotatable bonds is 40. The molecule has 0 rings (SSSR count). The van der Waals surface area contributed by atoms with E-state index in [0.717, 1.165) is 38.5 Å². The Bertz CT molecular complexity index is 956. The lowest BCUT2D eigenvalue weighted by Gasteiger charge is -2.24. The van der Waals surface area contributed by atoms with E-state index >= 15 is 0 Å². The number of esters is 3. The van der Waals surface area contributed by atoms with Crippen LogP contribution >= 0.6 is 11.8 Å². The van der Waals surface area contributed by atoms with Crippen molar-refractivity contribution in [2.75, 3.05) is 31.8 Å². The molecule has 9 nitrogen and oxygen atoms in total. The number of thioether (sulfide) groups is 1. The molecule has 1 amide bonds. The standard InChI is InChI=1S/C46H87NO8S/c1-7-9-11-13-15-17-19-21-23-25-27-29-31-33-43(49)53-37-40(39-56-36-35-42(48)47-41(45(51)52-6)38-54-46(3,4)5)55-44(50)34-32-30-28-26-24-22-20-18-16-14-12-10-8-2/h40-41H,7-39H2,1-6H3,(H,47,48)/t40-,41+/m1/s1. The lowest BCUT2D eigenvalue weighted by molar-refractivity contribution is -0.157. The van der Waals surface area contributed by atoms with Crippen LogP contribution in [-0.4, -0.2) is 73.4 Å². The third-order valence-electron chi connectivity index (χ3n) is 9.98. The lowest BCUT2D eigenvalue weighted by atomic mass is 10.0. The van der Waals surface area contributed by atoms with Crippen LogP contribution in [0, 0.1) is 0 Å². The average Bonchev–Trinajstić information content (AvgIpc) is 3.16. The van der Waals surface area contributed by atoms with E-state index in [0.29, 0.717) is 24.3 Å². The van der Waals surface area contributed by atoms with Gasteiger partial charge in [0.15, 0.2) is 6.04 Å². The van der Waals surface area contributed by atoms with E-state index in [2.05, 4.69) is 19.2 Å². The topological polar surface area (TPSA) is 117 Å². The minimum absolute atomic E-state index is 0.00930. The van der Waals surface area contributed by atoms with E-state index in [1.807, 2.05) is 20.8 Å². The molecule has 0 radical (unpaired) electrons. The van der Waals surface area contributed by atoms with Crippen molar-refractivity contribution in [2.45, 2.75) is 239 Å². The molecule has 10 heteroatoms. The van der Waals surface area contributed by atoms with Crippen LogP contribution in [0.3, 0.4) is 0 Å². The largest absolute Gasteiger partial charge is 0.467 e. The Labute approximate surface area is 348 Å². The molecule has 0 aliphatic carbocycles. The van der Waals surface area contributed by atoms with E-state index in [4.69, 9.17) is 18.9 Å². The number of ether oxygens (including phenoxy) is 4. The fourth-order valence-electron chi connectivity index (χ4n) is 6.48. The van der Waals surface area contributed by atoms with Crippen molar-refractivity contribution in [3.8, 4) is 0 Å². The van der Waals surface area contributed by atoms with Crippen molar-refractivity contribution in [1.29, 1.82) is 0 Å². The van der Waals surface area contributed by atoms with Gasteiger partial charge in [-0.3, -0.25) is 14.4 Å². The first-order chi connectivity index (χ1) is 27.0. The molecule has 56 heavy (non-hydrogen) atoms. The highest BCUT2D eigenvalue weighted by Gasteiger charge is 2.25. The number of hydrogen-bond acceptors (Lipinski definition) is 9. The van der Waals surface area contributed by atoms with Crippen molar-refractivity contribution in [1.82, 2.24) is 5.32 Å². The second kappa shape index (κ2) is 38.7. The lowest BCUT2D eigenvalue weighted by Crippen LogP contribution is -2.46. The Morgan fingerprint density at radius 3 is 1.38 bits per heavy atom. The quantitative estimate of drug-likeness (QED) is 0.0366. The zero-order valence-corrected chi connectivity index (χ0v) is 38.0. The van der Waals surface area contributed by atoms with Gasteiger partial charge in [0.25, 0.3) is 0 Å². The van der Waals surface area contributed by atoms with E-state index < -0.39 is 23.7 Å². The highest BCUT2D eigenvalue weighted by Crippen LogP contribution is 2.16. The predicted octanol–water partition coefficient (Wildman–Crippen LogP) is 12.0.